The molecule has 25 heavy (non-hydrogen) atoms. The first-order valence-corrected chi connectivity index (χ1v) is 8.31. The van der Waals surface area contributed by atoms with E-state index in [4.69, 9.17) is 5.73 Å². The van der Waals surface area contributed by atoms with Crippen LogP contribution in [-0.2, 0) is 0 Å². The Kier molecular flexibility index (Phi) is 4.59. The Balaban J connectivity index is 0.00000182. The van der Waals surface area contributed by atoms with Crippen molar-refractivity contribution in [3.8, 4) is 0 Å². The van der Waals surface area contributed by atoms with Gasteiger partial charge in [-0.05, 0) is 38.2 Å². The molecule has 2 aliphatic rings. The van der Waals surface area contributed by atoms with E-state index in [1.807, 2.05) is 11.8 Å². The van der Waals surface area contributed by atoms with Crippen LogP contribution in [0.4, 0.5) is 10.2 Å². The van der Waals surface area contributed by atoms with Crippen molar-refractivity contribution in [1.82, 2.24) is 14.5 Å². The second-order valence-corrected chi connectivity index (χ2v) is 6.88. The molecule has 7 nitrogen and oxygen atoms in total. The Hall–Kier alpha value is -1.93. The lowest BCUT2D eigenvalue weighted by atomic mass is 10.0. The monoisotopic (exact) mass is 369 g/mol. The molecule has 0 unspecified atom stereocenters. The van der Waals surface area contributed by atoms with Gasteiger partial charge < -0.3 is 10.6 Å². The third-order valence-electron chi connectivity index (χ3n) is 5.03. The van der Waals surface area contributed by atoms with Crippen LogP contribution in [0.1, 0.15) is 32.2 Å². The van der Waals surface area contributed by atoms with Gasteiger partial charge in [-0.2, -0.15) is 0 Å². The van der Waals surface area contributed by atoms with Gasteiger partial charge in [0.2, 0.25) is 0 Å². The van der Waals surface area contributed by atoms with E-state index in [1.54, 1.807) is 0 Å². The van der Waals surface area contributed by atoms with E-state index in [0.29, 0.717) is 13.1 Å². The highest BCUT2D eigenvalue weighted by Crippen LogP contribution is 2.35. The van der Waals surface area contributed by atoms with Crippen LogP contribution < -0.4 is 21.9 Å². The Morgan fingerprint density at radius 2 is 2.08 bits per heavy atom. The molecule has 1 aliphatic heterocycles. The van der Waals surface area contributed by atoms with Gasteiger partial charge >= 0.3 is 5.69 Å². The maximum Gasteiger partial charge on any atom is 0.330 e. The van der Waals surface area contributed by atoms with Crippen molar-refractivity contribution in [3.63, 3.8) is 0 Å². The van der Waals surface area contributed by atoms with Gasteiger partial charge in [0.25, 0.3) is 5.56 Å². The molecule has 2 fully saturated rings. The highest BCUT2D eigenvalue weighted by molar-refractivity contribution is 5.85. The highest BCUT2D eigenvalue weighted by Gasteiger charge is 2.31. The summed E-state index contributed by atoms with van der Waals surface area (Å²) in [4.78, 5) is 32.6. The lowest BCUT2D eigenvalue weighted by molar-refractivity contribution is 0.487. The minimum atomic E-state index is -0.597. The zero-order chi connectivity index (χ0) is 17.0. The second kappa shape index (κ2) is 6.42. The summed E-state index contributed by atoms with van der Waals surface area (Å²) < 4.78 is 16.0. The standard InChI is InChI=1S/C16H20FN5O2.ClH/c1-8(18)9-4-5-21(7-9)14-12(17)6-11-13(19-14)22(10-2-3-10)16(24)20-15(11)23;/h6,8-10H,2-5,7,18H2,1H3,(H,20,23,24);1H/t8-,9+;/m1./s1. The summed E-state index contributed by atoms with van der Waals surface area (Å²) in [7, 11) is 0. The van der Waals surface area contributed by atoms with Crippen LogP contribution in [0.25, 0.3) is 11.0 Å². The lowest BCUT2D eigenvalue weighted by Crippen LogP contribution is -2.32. The van der Waals surface area contributed by atoms with Crippen LogP contribution in [-0.4, -0.2) is 33.7 Å². The molecule has 1 saturated carbocycles. The zero-order valence-electron chi connectivity index (χ0n) is 13.9. The van der Waals surface area contributed by atoms with Crippen LogP contribution in [0.3, 0.4) is 0 Å². The molecule has 0 radical (unpaired) electrons. The van der Waals surface area contributed by atoms with Crippen molar-refractivity contribution in [1.29, 1.82) is 0 Å². The van der Waals surface area contributed by atoms with E-state index < -0.39 is 17.1 Å². The Bertz CT molecular complexity index is 921. The second-order valence-electron chi connectivity index (χ2n) is 6.88. The SMILES string of the molecule is C[C@@H](N)[C@H]1CCN(c2nc3c(cc2F)c(=O)[nH]c(=O)n3C2CC2)C1.Cl. The maximum atomic E-state index is 14.6. The average Bonchev–Trinajstić information content (AvgIpc) is 3.22. The molecule has 0 amide bonds. The Labute approximate surface area is 149 Å². The number of nitrogens with zero attached hydrogens (tertiary/aromatic N) is 3. The summed E-state index contributed by atoms with van der Waals surface area (Å²) in [6.07, 6.45) is 2.61. The van der Waals surface area contributed by atoms with Gasteiger partial charge in [0.15, 0.2) is 17.3 Å². The molecule has 1 aliphatic carbocycles. The fourth-order valence-electron chi connectivity index (χ4n) is 3.44. The number of pyridine rings is 1. The number of H-pyrrole nitrogens is 1. The molecule has 0 spiro atoms. The van der Waals surface area contributed by atoms with E-state index in [2.05, 4.69) is 9.97 Å². The van der Waals surface area contributed by atoms with Crippen LogP contribution in [0, 0.1) is 11.7 Å². The number of rotatable bonds is 3. The summed E-state index contributed by atoms with van der Waals surface area (Å²) in [6.45, 7) is 3.24. The molecule has 2 aromatic rings. The number of anilines is 1. The Morgan fingerprint density at radius 1 is 1.36 bits per heavy atom. The molecule has 2 aromatic heterocycles. The van der Waals surface area contributed by atoms with Gasteiger partial charge in [0.1, 0.15) is 0 Å². The molecule has 3 heterocycles. The van der Waals surface area contributed by atoms with Crippen LogP contribution in [0.5, 0.6) is 0 Å². The predicted molar refractivity (Wildman–Crippen MR) is 96.1 cm³/mol. The first-order chi connectivity index (χ1) is 11.5. The van der Waals surface area contributed by atoms with Crippen molar-refractivity contribution >= 4 is 29.3 Å². The number of nitrogens with two attached hydrogens (primary N) is 1. The summed E-state index contributed by atoms with van der Waals surface area (Å²) in [5.41, 5.74) is 5.14. The normalized spacial score (nSPS) is 21.4. The van der Waals surface area contributed by atoms with E-state index in [9.17, 15) is 14.0 Å². The van der Waals surface area contributed by atoms with Crippen molar-refractivity contribution in [2.75, 3.05) is 18.0 Å². The van der Waals surface area contributed by atoms with E-state index in [1.165, 1.54) is 10.6 Å². The smallest absolute Gasteiger partial charge is 0.330 e. The quantitative estimate of drug-likeness (QED) is 0.846. The van der Waals surface area contributed by atoms with Gasteiger partial charge in [-0.1, -0.05) is 0 Å². The fraction of sp³-hybridized carbons (Fsp3) is 0.562. The van der Waals surface area contributed by atoms with Crippen molar-refractivity contribution < 1.29 is 4.39 Å². The zero-order valence-corrected chi connectivity index (χ0v) is 14.7. The average molecular weight is 370 g/mol. The number of hydrogen-bond acceptors (Lipinski definition) is 5. The number of halogens is 2. The molecule has 3 N–H and O–H groups in total. The third-order valence-corrected chi connectivity index (χ3v) is 5.03. The molecule has 1 saturated heterocycles. The number of aromatic nitrogens is 3. The van der Waals surface area contributed by atoms with Crippen molar-refractivity contribution in [3.05, 3.63) is 32.7 Å². The molecular weight excluding hydrogens is 349 g/mol. The van der Waals surface area contributed by atoms with Gasteiger partial charge in [0, 0.05) is 25.2 Å². The van der Waals surface area contributed by atoms with Gasteiger partial charge in [0.05, 0.1) is 5.39 Å². The van der Waals surface area contributed by atoms with E-state index in [-0.39, 0.29) is 47.3 Å². The van der Waals surface area contributed by atoms with E-state index in [0.717, 1.165) is 19.3 Å². The number of aromatic amines is 1. The van der Waals surface area contributed by atoms with Crippen LogP contribution in [0.2, 0.25) is 0 Å². The molecule has 4 rings (SSSR count). The maximum absolute atomic E-state index is 14.6. The Morgan fingerprint density at radius 3 is 2.68 bits per heavy atom. The number of hydrogen-bond donors (Lipinski definition) is 2. The minimum absolute atomic E-state index is 0. The highest BCUT2D eigenvalue weighted by atomic mass is 35.5. The minimum Gasteiger partial charge on any atom is -0.354 e. The topological polar surface area (TPSA) is 97.0 Å². The van der Waals surface area contributed by atoms with Crippen molar-refractivity contribution in [2.45, 2.75) is 38.3 Å². The molecular formula is C16H21ClFN5O2. The molecule has 0 aromatic carbocycles. The summed E-state index contributed by atoms with van der Waals surface area (Å²) >= 11 is 0. The molecule has 2 atom stereocenters. The lowest BCUT2D eigenvalue weighted by Gasteiger charge is -2.20. The predicted octanol–water partition coefficient (Wildman–Crippen LogP) is 1.15. The van der Waals surface area contributed by atoms with Crippen LogP contribution in [0.15, 0.2) is 15.7 Å². The third kappa shape index (κ3) is 3.04. The summed E-state index contributed by atoms with van der Waals surface area (Å²) in [5, 5.41) is 0.116. The van der Waals surface area contributed by atoms with E-state index >= 15 is 0 Å². The molecule has 9 heteroatoms. The van der Waals surface area contributed by atoms with Gasteiger partial charge in [-0.15, -0.1) is 12.4 Å². The van der Waals surface area contributed by atoms with Crippen molar-refractivity contribution in [2.24, 2.45) is 11.7 Å². The largest absolute Gasteiger partial charge is 0.354 e. The molecule has 136 valence electrons. The molecule has 0 bridgehead atoms. The first-order valence-electron chi connectivity index (χ1n) is 8.31. The number of nitrogens with one attached hydrogen (secondary N) is 1. The van der Waals surface area contributed by atoms with Gasteiger partial charge in [-0.3, -0.25) is 14.3 Å². The number of fused-ring (bicyclic) bond motifs is 1. The van der Waals surface area contributed by atoms with Gasteiger partial charge in [-0.25, -0.2) is 14.2 Å². The first kappa shape index (κ1) is 17.9. The fourth-order valence-corrected chi connectivity index (χ4v) is 3.44. The summed E-state index contributed by atoms with van der Waals surface area (Å²) in [5.74, 6) is -0.0592. The van der Waals surface area contributed by atoms with Crippen LogP contribution >= 0.6 is 12.4 Å². The summed E-state index contributed by atoms with van der Waals surface area (Å²) in [6, 6.07) is 1.26.